The third-order valence-corrected chi connectivity index (χ3v) is 4.03. The van der Waals surface area contributed by atoms with Crippen LogP contribution in [0.15, 0.2) is 30.3 Å². The smallest absolute Gasteiger partial charge is 0.329 e. The van der Waals surface area contributed by atoms with Crippen molar-refractivity contribution >= 4 is 11.9 Å². The van der Waals surface area contributed by atoms with E-state index >= 15 is 0 Å². The maximum absolute atomic E-state index is 11.8. The average Bonchev–Trinajstić information content (AvgIpc) is 2.45. The summed E-state index contributed by atoms with van der Waals surface area (Å²) in [5.74, 6) is -2.70. The molecule has 0 spiro atoms. The van der Waals surface area contributed by atoms with Gasteiger partial charge in [-0.05, 0) is 18.4 Å². The van der Waals surface area contributed by atoms with Gasteiger partial charge in [0.15, 0.2) is 5.41 Å². The maximum Gasteiger partial charge on any atom is 0.329 e. The van der Waals surface area contributed by atoms with E-state index in [2.05, 4.69) is 0 Å². The SMILES string of the molecule is CCC(CC)(C(=O)O)C(C#N)(C(=O)O)c1ccccc1. The zero-order valence-corrected chi connectivity index (χ0v) is 11.5. The van der Waals surface area contributed by atoms with E-state index in [-0.39, 0.29) is 18.4 Å². The second-order valence-electron chi connectivity index (χ2n) is 4.63. The number of rotatable bonds is 6. The molecule has 0 aliphatic carbocycles. The van der Waals surface area contributed by atoms with Crippen molar-refractivity contribution in [1.82, 2.24) is 0 Å². The number of nitrogens with zero attached hydrogens (tertiary/aromatic N) is 1. The minimum absolute atomic E-state index is 0.0492. The molecule has 1 rings (SSSR count). The van der Waals surface area contributed by atoms with Crippen LogP contribution in [-0.4, -0.2) is 22.2 Å². The lowest BCUT2D eigenvalue weighted by Crippen LogP contribution is -2.54. The first kappa shape index (κ1) is 15.7. The van der Waals surface area contributed by atoms with Gasteiger partial charge in [0.25, 0.3) is 0 Å². The fraction of sp³-hybridized carbons (Fsp3) is 0.400. The van der Waals surface area contributed by atoms with E-state index in [1.165, 1.54) is 12.1 Å². The Morgan fingerprint density at radius 1 is 1.10 bits per heavy atom. The van der Waals surface area contributed by atoms with Gasteiger partial charge >= 0.3 is 11.9 Å². The molecule has 1 aromatic carbocycles. The van der Waals surface area contributed by atoms with Gasteiger partial charge < -0.3 is 10.2 Å². The predicted octanol–water partition coefficient (Wildman–Crippen LogP) is 2.42. The van der Waals surface area contributed by atoms with Crippen LogP contribution in [0, 0.1) is 16.7 Å². The van der Waals surface area contributed by atoms with Crippen LogP contribution in [0.1, 0.15) is 32.3 Å². The zero-order valence-electron chi connectivity index (χ0n) is 11.5. The summed E-state index contributed by atoms with van der Waals surface area (Å²) in [5.41, 5.74) is -3.58. The van der Waals surface area contributed by atoms with Crippen LogP contribution in [0.4, 0.5) is 0 Å². The van der Waals surface area contributed by atoms with Crippen molar-refractivity contribution in [2.24, 2.45) is 5.41 Å². The normalized spacial score (nSPS) is 14.1. The first-order chi connectivity index (χ1) is 9.42. The molecule has 0 aliphatic heterocycles. The quantitative estimate of drug-likeness (QED) is 0.830. The molecular formula is C15H17NO4. The molecule has 0 amide bonds. The van der Waals surface area contributed by atoms with Gasteiger partial charge in [-0.2, -0.15) is 5.26 Å². The van der Waals surface area contributed by atoms with Gasteiger partial charge in [0.2, 0.25) is 0 Å². The molecule has 0 radical (unpaired) electrons. The van der Waals surface area contributed by atoms with Gasteiger partial charge in [0.1, 0.15) is 5.41 Å². The van der Waals surface area contributed by atoms with E-state index in [0.717, 1.165) is 0 Å². The fourth-order valence-electron chi connectivity index (χ4n) is 2.76. The summed E-state index contributed by atoms with van der Waals surface area (Å²) in [4.78, 5) is 23.6. The highest BCUT2D eigenvalue weighted by atomic mass is 16.4. The van der Waals surface area contributed by atoms with Gasteiger partial charge in [-0.15, -0.1) is 0 Å². The van der Waals surface area contributed by atoms with Gasteiger partial charge in [-0.3, -0.25) is 9.59 Å². The van der Waals surface area contributed by atoms with Crippen LogP contribution >= 0.6 is 0 Å². The number of hydrogen-bond acceptors (Lipinski definition) is 3. The van der Waals surface area contributed by atoms with E-state index < -0.39 is 22.8 Å². The zero-order chi connectivity index (χ0) is 15.4. The van der Waals surface area contributed by atoms with E-state index in [1.54, 1.807) is 38.1 Å². The highest BCUT2D eigenvalue weighted by Gasteiger charge is 2.61. The Labute approximate surface area is 117 Å². The fourth-order valence-corrected chi connectivity index (χ4v) is 2.76. The summed E-state index contributed by atoms with van der Waals surface area (Å²) in [5, 5.41) is 28.8. The lowest BCUT2D eigenvalue weighted by molar-refractivity contribution is -0.163. The molecule has 106 valence electrons. The lowest BCUT2D eigenvalue weighted by atomic mass is 9.58. The summed E-state index contributed by atoms with van der Waals surface area (Å²) >= 11 is 0. The van der Waals surface area contributed by atoms with E-state index in [0.29, 0.717) is 0 Å². The molecule has 1 unspecified atom stereocenters. The Bertz CT molecular complexity index is 543. The third-order valence-electron chi connectivity index (χ3n) is 4.03. The third kappa shape index (κ3) is 1.94. The molecular weight excluding hydrogens is 258 g/mol. The summed E-state index contributed by atoms with van der Waals surface area (Å²) < 4.78 is 0. The number of carboxylic acid groups (broad SMARTS) is 2. The molecule has 1 atom stereocenters. The Morgan fingerprint density at radius 2 is 1.60 bits per heavy atom. The van der Waals surface area contributed by atoms with Crippen molar-refractivity contribution in [2.75, 3.05) is 0 Å². The maximum atomic E-state index is 11.8. The first-order valence-electron chi connectivity index (χ1n) is 6.36. The van der Waals surface area contributed by atoms with Crippen molar-refractivity contribution in [3.8, 4) is 6.07 Å². The van der Waals surface area contributed by atoms with Crippen LogP contribution < -0.4 is 0 Å². The lowest BCUT2D eigenvalue weighted by Gasteiger charge is -2.39. The molecule has 5 nitrogen and oxygen atoms in total. The monoisotopic (exact) mass is 275 g/mol. The van der Waals surface area contributed by atoms with E-state index in [9.17, 15) is 25.1 Å². The largest absolute Gasteiger partial charge is 0.481 e. The Balaban J connectivity index is 3.76. The summed E-state index contributed by atoms with van der Waals surface area (Å²) in [6.45, 7) is 3.19. The Morgan fingerprint density at radius 3 is 1.90 bits per heavy atom. The molecule has 5 heteroatoms. The molecule has 20 heavy (non-hydrogen) atoms. The average molecular weight is 275 g/mol. The summed E-state index contributed by atoms with van der Waals surface area (Å²) in [6.07, 6.45) is 0.0984. The Hall–Kier alpha value is -2.35. The minimum atomic E-state index is -2.11. The van der Waals surface area contributed by atoms with Crippen LogP contribution in [0.3, 0.4) is 0 Å². The molecule has 2 N–H and O–H groups in total. The number of benzene rings is 1. The van der Waals surface area contributed by atoms with Crippen molar-refractivity contribution in [3.63, 3.8) is 0 Å². The minimum Gasteiger partial charge on any atom is -0.481 e. The van der Waals surface area contributed by atoms with Crippen LogP contribution in [0.5, 0.6) is 0 Å². The molecule has 0 aliphatic rings. The molecule has 0 saturated heterocycles. The second-order valence-corrected chi connectivity index (χ2v) is 4.63. The molecule has 0 saturated carbocycles. The molecule has 0 bridgehead atoms. The van der Waals surface area contributed by atoms with Crippen molar-refractivity contribution in [3.05, 3.63) is 35.9 Å². The Kier molecular flexibility index (Phi) is 4.51. The van der Waals surface area contributed by atoms with E-state index in [4.69, 9.17) is 0 Å². The number of carbonyl (C=O) groups is 2. The number of carboxylic acids is 2. The van der Waals surface area contributed by atoms with Crippen molar-refractivity contribution < 1.29 is 19.8 Å². The number of nitriles is 1. The number of aliphatic carboxylic acids is 2. The van der Waals surface area contributed by atoms with Crippen molar-refractivity contribution in [2.45, 2.75) is 32.1 Å². The standard InChI is InChI=1S/C15H17NO4/c1-3-14(4-2,12(17)18)15(10-16,13(19)20)11-8-6-5-7-9-11/h5-9H,3-4H2,1-2H3,(H,17,18)(H,19,20). The topological polar surface area (TPSA) is 98.4 Å². The predicted molar refractivity (Wildman–Crippen MR) is 72.0 cm³/mol. The van der Waals surface area contributed by atoms with Crippen LogP contribution in [-0.2, 0) is 15.0 Å². The van der Waals surface area contributed by atoms with Gasteiger partial charge in [-0.25, -0.2) is 0 Å². The molecule has 1 aromatic rings. The first-order valence-corrected chi connectivity index (χ1v) is 6.36. The highest BCUT2D eigenvalue weighted by molar-refractivity contribution is 5.94. The number of hydrogen-bond donors (Lipinski definition) is 2. The molecule has 0 heterocycles. The van der Waals surface area contributed by atoms with Gasteiger partial charge in [0, 0.05) is 0 Å². The van der Waals surface area contributed by atoms with Crippen LogP contribution in [0.25, 0.3) is 0 Å². The van der Waals surface area contributed by atoms with Crippen molar-refractivity contribution in [1.29, 1.82) is 5.26 Å². The van der Waals surface area contributed by atoms with Crippen LogP contribution in [0.2, 0.25) is 0 Å². The van der Waals surface area contributed by atoms with Gasteiger partial charge in [0.05, 0.1) is 6.07 Å². The molecule has 0 aromatic heterocycles. The molecule has 0 fully saturated rings. The highest BCUT2D eigenvalue weighted by Crippen LogP contribution is 2.47. The van der Waals surface area contributed by atoms with E-state index in [1.807, 2.05) is 0 Å². The second kappa shape index (κ2) is 5.74. The van der Waals surface area contributed by atoms with Gasteiger partial charge in [-0.1, -0.05) is 44.2 Å². The summed E-state index contributed by atoms with van der Waals surface area (Å²) in [6, 6.07) is 9.64. The summed E-state index contributed by atoms with van der Waals surface area (Å²) in [7, 11) is 0.